The lowest BCUT2D eigenvalue weighted by atomic mass is 10.1. The first kappa shape index (κ1) is 16.3. The van der Waals surface area contributed by atoms with Gasteiger partial charge < -0.3 is 0 Å². The number of nitrogens with zero attached hydrogens (tertiary/aromatic N) is 1. The molecule has 0 fully saturated rings. The number of aromatic nitrogens is 1. The molecular weight excluding hydrogens is 351 g/mol. The number of rotatable bonds is 2. The first-order chi connectivity index (χ1) is 11.3. The van der Waals surface area contributed by atoms with Crippen LogP contribution in [-0.4, -0.2) is 10.9 Å². The Bertz CT molecular complexity index is 957. The maximum Gasteiger partial charge on any atom is 0.263 e. The van der Waals surface area contributed by atoms with Crippen LogP contribution in [0.5, 0.6) is 0 Å². The summed E-state index contributed by atoms with van der Waals surface area (Å²) in [6.45, 7) is 1.84. The van der Waals surface area contributed by atoms with E-state index in [2.05, 4.69) is 10.3 Å². The summed E-state index contributed by atoms with van der Waals surface area (Å²) >= 11 is 1.01. The van der Waals surface area contributed by atoms with Crippen molar-refractivity contribution in [2.24, 2.45) is 0 Å². The van der Waals surface area contributed by atoms with Crippen molar-refractivity contribution in [3.05, 3.63) is 58.4 Å². The number of carbonyl (C=O) groups excluding carboxylic acids is 1. The Morgan fingerprint density at radius 2 is 1.58 bits per heavy atom. The molecule has 1 N–H and O–H groups in total. The van der Waals surface area contributed by atoms with Crippen LogP contribution in [0.2, 0.25) is 0 Å². The van der Waals surface area contributed by atoms with Gasteiger partial charge in [-0.3, -0.25) is 10.1 Å². The van der Waals surface area contributed by atoms with Gasteiger partial charge >= 0.3 is 0 Å². The molecule has 1 amide bonds. The number of nitrogens with one attached hydrogen (secondary N) is 1. The van der Waals surface area contributed by atoms with Gasteiger partial charge in [-0.25, -0.2) is 26.9 Å². The second-order valence-corrected chi connectivity index (χ2v) is 5.92. The van der Waals surface area contributed by atoms with Gasteiger partial charge in [-0.1, -0.05) is 17.4 Å². The molecule has 0 saturated carbocycles. The van der Waals surface area contributed by atoms with E-state index in [9.17, 15) is 26.7 Å². The number of halogens is 5. The van der Waals surface area contributed by atoms with E-state index in [4.69, 9.17) is 0 Å². The minimum atomic E-state index is -2.32. The average Bonchev–Trinajstić information content (AvgIpc) is 2.92. The third kappa shape index (κ3) is 2.60. The van der Waals surface area contributed by atoms with Crippen LogP contribution in [0.4, 0.5) is 27.1 Å². The lowest BCUT2D eigenvalue weighted by Gasteiger charge is -2.07. The fraction of sp³-hybridized carbons (Fsp3) is 0.0667. The van der Waals surface area contributed by atoms with Crippen molar-refractivity contribution in [3.8, 4) is 0 Å². The fourth-order valence-electron chi connectivity index (χ4n) is 2.05. The predicted octanol–water partition coefficient (Wildman–Crippen LogP) is 4.55. The number of hydrogen-bond donors (Lipinski definition) is 1. The van der Waals surface area contributed by atoms with Crippen LogP contribution < -0.4 is 5.32 Å². The van der Waals surface area contributed by atoms with Crippen molar-refractivity contribution in [2.45, 2.75) is 6.92 Å². The summed E-state index contributed by atoms with van der Waals surface area (Å²) in [5.41, 5.74) is -0.0936. The normalized spacial score (nSPS) is 11.1. The molecule has 1 heterocycles. The molecule has 1 aromatic heterocycles. The van der Waals surface area contributed by atoms with Crippen LogP contribution in [-0.2, 0) is 0 Å². The molecule has 24 heavy (non-hydrogen) atoms. The van der Waals surface area contributed by atoms with Gasteiger partial charge in [0.05, 0.1) is 10.2 Å². The van der Waals surface area contributed by atoms with Crippen LogP contribution >= 0.6 is 11.3 Å². The van der Waals surface area contributed by atoms with Gasteiger partial charge in [-0.2, -0.15) is 0 Å². The van der Waals surface area contributed by atoms with Gasteiger partial charge in [-0.15, -0.1) is 0 Å². The largest absolute Gasteiger partial charge is 0.298 e. The summed E-state index contributed by atoms with van der Waals surface area (Å²) in [5, 5.41) is 2.03. The summed E-state index contributed by atoms with van der Waals surface area (Å²) < 4.78 is 67.2. The van der Waals surface area contributed by atoms with Crippen molar-refractivity contribution in [1.29, 1.82) is 0 Å². The number of anilines is 1. The SMILES string of the molecule is Cc1ccc2nc(NC(=O)c3c(F)c(F)c(F)c(F)c3F)sc2c1. The third-order valence-electron chi connectivity index (χ3n) is 3.20. The number of fused-ring (bicyclic) bond motifs is 1. The molecule has 0 bridgehead atoms. The van der Waals surface area contributed by atoms with Gasteiger partial charge in [0.1, 0.15) is 5.56 Å². The average molecular weight is 358 g/mol. The van der Waals surface area contributed by atoms with E-state index < -0.39 is 40.6 Å². The number of amides is 1. The van der Waals surface area contributed by atoms with Gasteiger partial charge in [-0.05, 0) is 24.6 Å². The Kier molecular flexibility index (Phi) is 3.96. The second kappa shape index (κ2) is 5.82. The highest BCUT2D eigenvalue weighted by atomic mass is 32.1. The minimum Gasteiger partial charge on any atom is -0.298 e. The van der Waals surface area contributed by atoms with Gasteiger partial charge in [0, 0.05) is 0 Å². The minimum absolute atomic E-state index is 0.0236. The monoisotopic (exact) mass is 358 g/mol. The molecule has 124 valence electrons. The molecule has 2 aromatic carbocycles. The fourth-order valence-corrected chi connectivity index (χ4v) is 3.01. The van der Waals surface area contributed by atoms with Crippen molar-refractivity contribution < 1.29 is 26.7 Å². The summed E-state index contributed by atoms with van der Waals surface area (Å²) in [6.07, 6.45) is 0. The molecule has 0 radical (unpaired) electrons. The molecule has 0 aliphatic carbocycles. The highest BCUT2D eigenvalue weighted by molar-refractivity contribution is 7.22. The smallest absolute Gasteiger partial charge is 0.263 e. The Morgan fingerprint density at radius 1 is 1.00 bits per heavy atom. The van der Waals surface area contributed by atoms with Crippen LogP contribution in [0.25, 0.3) is 10.2 Å². The quantitative estimate of drug-likeness (QED) is 0.415. The predicted molar refractivity (Wildman–Crippen MR) is 78.5 cm³/mol. The van der Waals surface area contributed by atoms with E-state index in [0.29, 0.717) is 10.2 Å². The van der Waals surface area contributed by atoms with E-state index in [1.165, 1.54) is 0 Å². The number of hydrogen-bond acceptors (Lipinski definition) is 3. The van der Waals surface area contributed by atoms with Gasteiger partial charge in [0.15, 0.2) is 28.4 Å². The Labute approximate surface area is 135 Å². The summed E-state index contributed by atoms with van der Waals surface area (Å²) in [4.78, 5) is 16.0. The molecular formula is C15H7F5N2OS. The molecule has 0 aliphatic rings. The zero-order chi connectivity index (χ0) is 17.6. The first-order valence-corrected chi connectivity index (χ1v) is 7.31. The van der Waals surface area contributed by atoms with E-state index in [-0.39, 0.29) is 5.13 Å². The molecule has 0 aliphatic heterocycles. The maximum atomic E-state index is 13.6. The van der Waals surface area contributed by atoms with Gasteiger partial charge in [0.25, 0.3) is 5.91 Å². The highest BCUT2D eigenvalue weighted by Crippen LogP contribution is 2.28. The van der Waals surface area contributed by atoms with Crippen molar-refractivity contribution in [2.75, 3.05) is 5.32 Å². The van der Waals surface area contributed by atoms with Crippen molar-refractivity contribution in [3.63, 3.8) is 0 Å². The summed E-state index contributed by atoms with van der Waals surface area (Å²) in [6, 6.07) is 5.23. The van der Waals surface area contributed by atoms with Crippen molar-refractivity contribution in [1.82, 2.24) is 4.98 Å². The van der Waals surface area contributed by atoms with Gasteiger partial charge in [0.2, 0.25) is 5.82 Å². The second-order valence-electron chi connectivity index (χ2n) is 4.89. The molecule has 3 rings (SSSR count). The molecule has 0 saturated heterocycles. The van der Waals surface area contributed by atoms with E-state index >= 15 is 0 Å². The van der Waals surface area contributed by atoms with Crippen LogP contribution in [0.15, 0.2) is 18.2 Å². The maximum absolute atomic E-state index is 13.6. The van der Waals surface area contributed by atoms with Crippen LogP contribution in [0.1, 0.15) is 15.9 Å². The van der Waals surface area contributed by atoms with Crippen LogP contribution in [0, 0.1) is 36.0 Å². The standard InChI is InChI=1S/C15H7F5N2OS/c1-5-2-3-6-7(4-5)24-15(21-6)22-14(23)8-9(16)11(18)13(20)12(19)10(8)17/h2-4H,1H3,(H,21,22,23). The molecule has 0 atom stereocenters. The highest BCUT2D eigenvalue weighted by Gasteiger charge is 2.30. The zero-order valence-corrected chi connectivity index (χ0v) is 12.7. The summed E-state index contributed by atoms with van der Waals surface area (Å²) in [7, 11) is 0. The molecule has 9 heteroatoms. The number of benzene rings is 2. The first-order valence-electron chi connectivity index (χ1n) is 6.49. The van der Waals surface area contributed by atoms with E-state index in [1.807, 2.05) is 6.92 Å². The number of aryl methyl sites for hydroxylation is 1. The lowest BCUT2D eigenvalue weighted by molar-refractivity contribution is 0.101. The topological polar surface area (TPSA) is 42.0 Å². The van der Waals surface area contributed by atoms with E-state index in [1.54, 1.807) is 18.2 Å². The Morgan fingerprint density at radius 3 is 2.21 bits per heavy atom. The zero-order valence-electron chi connectivity index (χ0n) is 11.9. The molecule has 0 unspecified atom stereocenters. The van der Waals surface area contributed by atoms with E-state index in [0.717, 1.165) is 16.9 Å². The number of thiazole rings is 1. The Hall–Kier alpha value is -2.55. The van der Waals surface area contributed by atoms with Crippen LogP contribution in [0.3, 0.4) is 0 Å². The molecule has 3 aromatic rings. The molecule has 0 spiro atoms. The van der Waals surface area contributed by atoms with Crippen molar-refractivity contribution >= 4 is 32.6 Å². The third-order valence-corrected chi connectivity index (χ3v) is 4.13. The molecule has 3 nitrogen and oxygen atoms in total. The lowest BCUT2D eigenvalue weighted by Crippen LogP contribution is -2.19. The Balaban J connectivity index is 2.00. The number of carbonyl (C=O) groups is 1. The summed E-state index contributed by atoms with van der Waals surface area (Å²) in [5.74, 6) is -12.5.